The van der Waals surface area contributed by atoms with Gasteiger partial charge < -0.3 is 14.8 Å². The van der Waals surface area contributed by atoms with E-state index in [0.717, 1.165) is 30.9 Å². The van der Waals surface area contributed by atoms with Gasteiger partial charge in [-0.1, -0.05) is 39.8 Å². The Morgan fingerprint density at radius 2 is 1.95 bits per heavy atom. The Balaban J connectivity index is 2.19. The molecule has 1 aromatic rings. The Kier molecular flexibility index (Phi) is 5.51. The standard InChI is InChI=1S/C18H29NO2/c1-5-11-19-15(9-10-18(2,3)4)14-7-6-8-16-17(14)21-13-12-20-16/h6-8,15,19H,5,9-13H2,1-4H3. The van der Waals surface area contributed by atoms with Crippen LogP contribution in [0, 0.1) is 5.41 Å². The Morgan fingerprint density at radius 3 is 2.67 bits per heavy atom. The molecule has 1 N–H and O–H groups in total. The molecule has 0 aliphatic carbocycles. The number of ether oxygens (including phenoxy) is 2. The summed E-state index contributed by atoms with van der Waals surface area (Å²) in [5.41, 5.74) is 1.59. The van der Waals surface area contributed by atoms with Crippen LogP contribution in [-0.4, -0.2) is 19.8 Å². The molecular weight excluding hydrogens is 262 g/mol. The highest BCUT2D eigenvalue weighted by Gasteiger charge is 2.23. The lowest BCUT2D eigenvalue weighted by atomic mass is 9.87. The van der Waals surface area contributed by atoms with Gasteiger partial charge >= 0.3 is 0 Å². The molecule has 0 amide bonds. The topological polar surface area (TPSA) is 30.5 Å². The third-order valence-electron chi connectivity index (χ3n) is 3.80. The molecule has 1 unspecified atom stereocenters. The van der Waals surface area contributed by atoms with Crippen LogP contribution < -0.4 is 14.8 Å². The fourth-order valence-electron chi connectivity index (χ4n) is 2.63. The van der Waals surface area contributed by atoms with E-state index in [9.17, 15) is 0 Å². The van der Waals surface area contributed by atoms with Gasteiger partial charge in [0.1, 0.15) is 13.2 Å². The number of hydrogen-bond donors (Lipinski definition) is 1. The summed E-state index contributed by atoms with van der Waals surface area (Å²) in [4.78, 5) is 0. The molecule has 0 saturated carbocycles. The zero-order valence-corrected chi connectivity index (χ0v) is 13.9. The SMILES string of the molecule is CCCNC(CCC(C)(C)C)c1cccc2c1OCCO2. The molecule has 1 aliphatic heterocycles. The van der Waals surface area contributed by atoms with Crippen LogP contribution in [-0.2, 0) is 0 Å². The van der Waals surface area contributed by atoms with Crippen molar-refractivity contribution in [2.45, 2.75) is 53.0 Å². The first-order valence-corrected chi connectivity index (χ1v) is 8.13. The molecule has 1 atom stereocenters. The third-order valence-corrected chi connectivity index (χ3v) is 3.80. The molecule has 0 aromatic heterocycles. The number of nitrogens with one attached hydrogen (secondary N) is 1. The first kappa shape index (κ1) is 16.2. The average molecular weight is 291 g/mol. The highest BCUT2D eigenvalue weighted by Crippen LogP contribution is 2.39. The van der Waals surface area contributed by atoms with Crippen LogP contribution in [0.1, 0.15) is 58.6 Å². The Hall–Kier alpha value is -1.22. The molecule has 1 aromatic carbocycles. The van der Waals surface area contributed by atoms with Crippen molar-refractivity contribution in [3.8, 4) is 11.5 Å². The predicted octanol–water partition coefficient (Wildman–Crippen LogP) is 4.32. The first-order valence-electron chi connectivity index (χ1n) is 8.13. The summed E-state index contributed by atoms with van der Waals surface area (Å²) in [5, 5.41) is 3.67. The molecule has 1 heterocycles. The van der Waals surface area contributed by atoms with E-state index in [2.05, 4.69) is 45.1 Å². The van der Waals surface area contributed by atoms with Crippen molar-refractivity contribution < 1.29 is 9.47 Å². The van der Waals surface area contributed by atoms with E-state index >= 15 is 0 Å². The number of rotatable bonds is 6. The van der Waals surface area contributed by atoms with Gasteiger partial charge in [0.15, 0.2) is 11.5 Å². The van der Waals surface area contributed by atoms with Crippen molar-refractivity contribution in [3.05, 3.63) is 23.8 Å². The summed E-state index contributed by atoms with van der Waals surface area (Å²) in [7, 11) is 0. The van der Waals surface area contributed by atoms with Crippen molar-refractivity contribution >= 4 is 0 Å². The van der Waals surface area contributed by atoms with Crippen LogP contribution in [0.4, 0.5) is 0 Å². The van der Waals surface area contributed by atoms with Crippen LogP contribution in [0.5, 0.6) is 11.5 Å². The van der Waals surface area contributed by atoms with Gasteiger partial charge in [-0.2, -0.15) is 0 Å². The minimum atomic E-state index is 0.334. The van der Waals surface area contributed by atoms with Crippen molar-refractivity contribution in [1.82, 2.24) is 5.32 Å². The van der Waals surface area contributed by atoms with E-state index in [1.54, 1.807) is 0 Å². The maximum Gasteiger partial charge on any atom is 0.166 e. The molecule has 0 bridgehead atoms. The van der Waals surface area contributed by atoms with Crippen molar-refractivity contribution in [1.29, 1.82) is 0 Å². The molecule has 118 valence electrons. The number of para-hydroxylation sites is 1. The van der Waals surface area contributed by atoms with Gasteiger partial charge in [-0.3, -0.25) is 0 Å². The molecular formula is C18H29NO2. The van der Waals surface area contributed by atoms with Crippen LogP contribution in [0.3, 0.4) is 0 Å². The van der Waals surface area contributed by atoms with Crippen LogP contribution in [0.15, 0.2) is 18.2 Å². The number of hydrogen-bond acceptors (Lipinski definition) is 3. The van der Waals surface area contributed by atoms with E-state index in [0.29, 0.717) is 24.7 Å². The number of fused-ring (bicyclic) bond motifs is 1. The van der Waals surface area contributed by atoms with Gasteiger partial charge in [0.2, 0.25) is 0 Å². The van der Waals surface area contributed by atoms with Gasteiger partial charge in [-0.25, -0.2) is 0 Å². The molecule has 0 saturated heterocycles. The fourth-order valence-corrected chi connectivity index (χ4v) is 2.63. The number of benzene rings is 1. The van der Waals surface area contributed by atoms with Gasteiger partial charge in [0.05, 0.1) is 0 Å². The van der Waals surface area contributed by atoms with Gasteiger partial charge in [0, 0.05) is 11.6 Å². The summed E-state index contributed by atoms with van der Waals surface area (Å²) < 4.78 is 11.6. The largest absolute Gasteiger partial charge is 0.486 e. The lowest BCUT2D eigenvalue weighted by molar-refractivity contribution is 0.168. The second-order valence-corrected chi connectivity index (χ2v) is 6.98. The zero-order chi connectivity index (χ0) is 15.3. The van der Waals surface area contributed by atoms with E-state index in [1.807, 2.05) is 6.07 Å². The maximum atomic E-state index is 5.88. The maximum absolute atomic E-state index is 5.88. The minimum absolute atomic E-state index is 0.334. The smallest absolute Gasteiger partial charge is 0.166 e. The van der Waals surface area contributed by atoms with E-state index in [1.165, 1.54) is 12.0 Å². The summed E-state index contributed by atoms with van der Waals surface area (Å²) in [6.45, 7) is 11.4. The fraction of sp³-hybridized carbons (Fsp3) is 0.667. The average Bonchev–Trinajstić information content (AvgIpc) is 2.46. The van der Waals surface area contributed by atoms with E-state index < -0.39 is 0 Å². The van der Waals surface area contributed by atoms with Crippen molar-refractivity contribution in [2.24, 2.45) is 5.41 Å². The summed E-state index contributed by atoms with van der Waals surface area (Å²) in [6.07, 6.45) is 3.43. The normalized spacial score (nSPS) is 15.8. The molecule has 3 heteroatoms. The zero-order valence-electron chi connectivity index (χ0n) is 13.9. The molecule has 0 fully saturated rings. The lowest BCUT2D eigenvalue weighted by Crippen LogP contribution is -2.25. The van der Waals surface area contributed by atoms with Gasteiger partial charge in [0.25, 0.3) is 0 Å². The van der Waals surface area contributed by atoms with Crippen LogP contribution in [0.2, 0.25) is 0 Å². The molecule has 3 nitrogen and oxygen atoms in total. The van der Waals surface area contributed by atoms with E-state index in [-0.39, 0.29) is 0 Å². The second kappa shape index (κ2) is 7.17. The van der Waals surface area contributed by atoms with Crippen molar-refractivity contribution in [2.75, 3.05) is 19.8 Å². The molecule has 0 radical (unpaired) electrons. The monoisotopic (exact) mass is 291 g/mol. The van der Waals surface area contributed by atoms with Gasteiger partial charge in [-0.15, -0.1) is 0 Å². The Bertz CT molecular complexity index is 451. The third kappa shape index (κ3) is 4.63. The second-order valence-electron chi connectivity index (χ2n) is 6.98. The highest BCUT2D eigenvalue weighted by molar-refractivity contribution is 5.48. The molecule has 1 aliphatic rings. The highest BCUT2D eigenvalue weighted by atomic mass is 16.6. The lowest BCUT2D eigenvalue weighted by Gasteiger charge is -2.28. The Labute approximate surface area is 129 Å². The summed E-state index contributed by atoms with van der Waals surface area (Å²) in [5.74, 6) is 1.82. The van der Waals surface area contributed by atoms with Crippen molar-refractivity contribution in [3.63, 3.8) is 0 Å². The van der Waals surface area contributed by atoms with Gasteiger partial charge in [-0.05, 0) is 37.3 Å². The quantitative estimate of drug-likeness (QED) is 0.846. The Morgan fingerprint density at radius 1 is 1.19 bits per heavy atom. The summed E-state index contributed by atoms with van der Waals surface area (Å²) in [6, 6.07) is 6.57. The molecule has 2 rings (SSSR count). The van der Waals surface area contributed by atoms with Crippen LogP contribution in [0.25, 0.3) is 0 Å². The molecule has 0 spiro atoms. The summed E-state index contributed by atoms with van der Waals surface area (Å²) >= 11 is 0. The minimum Gasteiger partial charge on any atom is -0.486 e. The first-order chi connectivity index (χ1) is 10.0. The van der Waals surface area contributed by atoms with Crippen LogP contribution >= 0.6 is 0 Å². The predicted molar refractivity (Wildman–Crippen MR) is 87.2 cm³/mol. The van der Waals surface area contributed by atoms with E-state index in [4.69, 9.17) is 9.47 Å². The molecule has 21 heavy (non-hydrogen) atoms.